The van der Waals surface area contributed by atoms with Gasteiger partial charge in [-0.2, -0.15) is 0 Å². The molecule has 0 aromatic carbocycles. The van der Waals surface area contributed by atoms with Crippen LogP contribution in [0.1, 0.15) is 0 Å². The number of rotatable bonds is 1. The molecule has 0 aliphatic rings. The third-order valence-electron chi connectivity index (χ3n) is 0.0246. The Morgan fingerprint density at radius 3 is 2.25 bits per heavy atom. The van der Waals surface area contributed by atoms with Crippen LogP contribution in [0.15, 0.2) is 4.13 Å². The molecule has 4 heavy (non-hydrogen) atoms. The standard InChI is InChI=1S/Cu.HNO2/c;1-3-2/h;2H. The van der Waals surface area contributed by atoms with Gasteiger partial charge in [-0.05, 0) is 0 Å². The van der Waals surface area contributed by atoms with Gasteiger partial charge in [-0.1, -0.05) is 0 Å². The first-order valence-electron chi connectivity index (χ1n) is 0.500. The normalized spacial score (nSPS) is 6.75. The molecular formula is HCuNO2. The first kappa shape index (κ1) is 4.24. The van der Waals surface area contributed by atoms with Crippen molar-refractivity contribution in [3.8, 4) is 0 Å². The van der Waals surface area contributed by atoms with Gasteiger partial charge >= 0.3 is 30.2 Å². The van der Waals surface area contributed by atoms with E-state index in [1.807, 2.05) is 0 Å². The number of hydrogen-bond acceptors (Lipinski definition) is 3. The molecule has 0 spiro atoms. The third kappa shape index (κ3) is 2.24. The van der Waals surface area contributed by atoms with Gasteiger partial charge in [0, 0.05) is 0 Å². The third-order valence-corrected chi connectivity index (χ3v) is 0.102. The second kappa shape index (κ2) is 3.24. The van der Waals surface area contributed by atoms with Crippen molar-refractivity contribution >= 4 is 0 Å². The summed E-state index contributed by atoms with van der Waals surface area (Å²) in [5, 5.41) is 7.10. The van der Waals surface area contributed by atoms with Crippen LogP contribution in [0.5, 0.6) is 0 Å². The molecule has 0 aliphatic heterocycles. The fourth-order valence-electron chi connectivity index (χ4n) is 0. The maximum absolute atomic E-state index is 7.10. The molecule has 0 aromatic rings. The van der Waals surface area contributed by atoms with E-state index in [0.29, 0.717) is 0 Å². The summed E-state index contributed by atoms with van der Waals surface area (Å²) in [6, 6.07) is 0. The van der Waals surface area contributed by atoms with Crippen molar-refractivity contribution in [2.45, 2.75) is 0 Å². The topological polar surface area (TPSA) is 41.8 Å². The molecule has 0 unspecified atom stereocenters. The molecular weight excluding hydrogens is 110 g/mol. The van der Waals surface area contributed by atoms with Gasteiger partial charge in [0.05, 0.1) is 0 Å². The van der Waals surface area contributed by atoms with Gasteiger partial charge in [0.1, 0.15) is 0 Å². The summed E-state index contributed by atoms with van der Waals surface area (Å²) < 4.78 is 2.35. The van der Waals surface area contributed by atoms with Gasteiger partial charge < -0.3 is 0 Å². The van der Waals surface area contributed by atoms with Gasteiger partial charge in [0.2, 0.25) is 0 Å². The fraction of sp³-hybridized carbons (Fsp3) is 0. The molecule has 1 N–H and O–H groups in total. The van der Waals surface area contributed by atoms with E-state index >= 15 is 0 Å². The van der Waals surface area contributed by atoms with Crippen LogP contribution in [0, 0.1) is 0 Å². The van der Waals surface area contributed by atoms with Gasteiger partial charge in [0.15, 0.2) is 0 Å². The first-order chi connectivity index (χ1) is 1.91. The van der Waals surface area contributed by atoms with E-state index in [1.54, 1.807) is 0 Å². The van der Waals surface area contributed by atoms with Crippen LogP contribution in [-0.4, -0.2) is 5.26 Å². The van der Waals surface area contributed by atoms with Crippen molar-refractivity contribution in [2.75, 3.05) is 0 Å². The SMILES string of the molecule is OO[N]=[Cu]. The molecule has 0 heterocycles. The fourth-order valence-corrected chi connectivity index (χ4v) is 0. The van der Waals surface area contributed by atoms with Gasteiger partial charge in [0.25, 0.3) is 0 Å². The summed E-state index contributed by atoms with van der Waals surface area (Å²) in [6.45, 7) is 0. The number of nitrogens with zero attached hydrogens (tertiary/aromatic N) is 1. The van der Waals surface area contributed by atoms with E-state index in [-0.39, 0.29) is 0 Å². The van der Waals surface area contributed by atoms with E-state index in [1.165, 1.54) is 0 Å². The Morgan fingerprint density at radius 1 is 2.00 bits per heavy atom. The molecule has 0 amide bonds. The minimum atomic E-state index is 2.35. The predicted octanol–water partition coefficient (Wildman–Crippen LogP) is 0.121. The molecule has 0 atom stereocenters. The first-order valence-corrected chi connectivity index (χ1v) is 0.921. The van der Waals surface area contributed by atoms with Gasteiger partial charge in [-0.25, -0.2) is 0 Å². The van der Waals surface area contributed by atoms with Crippen LogP contribution in [0.4, 0.5) is 0 Å². The van der Waals surface area contributed by atoms with Gasteiger partial charge in [-0.15, -0.1) is 0 Å². The van der Waals surface area contributed by atoms with E-state index in [4.69, 9.17) is 5.26 Å². The van der Waals surface area contributed by atoms with Crippen LogP contribution in [0.25, 0.3) is 0 Å². The van der Waals surface area contributed by atoms with Crippen LogP contribution in [0.3, 0.4) is 0 Å². The van der Waals surface area contributed by atoms with Crippen molar-refractivity contribution in [3.05, 3.63) is 0 Å². The van der Waals surface area contributed by atoms with Crippen molar-refractivity contribution in [1.82, 2.24) is 0 Å². The second-order valence-corrected chi connectivity index (χ2v) is 0.309. The van der Waals surface area contributed by atoms with Crippen molar-refractivity contribution in [1.29, 1.82) is 0 Å². The Hall–Kier alpha value is 0.239. The molecule has 3 nitrogen and oxygen atoms in total. The molecule has 0 rings (SSSR count). The summed E-state index contributed by atoms with van der Waals surface area (Å²) in [5.41, 5.74) is 0. The average Bonchev–Trinajstić information content (AvgIpc) is 1.37. The van der Waals surface area contributed by atoms with Crippen LogP contribution < -0.4 is 0 Å². The molecule has 0 aliphatic carbocycles. The summed E-state index contributed by atoms with van der Waals surface area (Å²) in [4.78, 5) is 2.97. The maximum atomic E-state index is 7.10. The zero-order valence-electron chi connectivity index (χ0n) is 1.60. The van der Waals surface area contributed by atoms with E-state index in [2.05, 4.69) is 24.9 Å². The molecule has 29 valence electrons. The Morgan fingerprint density at radius 2 is 2.25 bits per heavy atom. The van der Waals surface area contributed by atoms with E-state index in [0.717, 1.165) is 0 Å². The Labute approximate surface area is 31.1 Å². The molecule has 0 bridgehead atoms. The van der Waals surface area contributed by atoms with E-state index in [9.17, 15) is 0 Å². The quantitative estimate of drug-likeness (QED) is 0.296. The van der Waals surface area contributed by atoms with Crippen molar-refractivity contribution < 1.29 is 26.1 Å². The van der Waals surface area contributed by atoms with Crippen molar-refractivity contribution in [2.24, 2.45) is 4.13 Å². The molecule has 0 aromatic heterocycles. The second-order valence-electron chi connectivity index (χ2n) is 0.137. The molecule has 4 heteroatoms. The molecule has 0 saturated carbocycles. The van der Waals surface area contributed by atoms with Crippen LogP contribution in [-0.2, 0) is 20.8 Å². The summed E-state index contributed by atoms with van der Waals surface area (Å²) >= 11 is 3.82. The minimum absolute atomic E-state index is 2.35. The van der Waals surface area contributed by atoms with Gasteiger partial charge in [-0.3, -0.25) is 0 Å². The average molecular weight is 111 g/mol. The van der Waals surface area contributed by atoms with E-state index < -0.39 is 0 Å². The Bertz CT molecular complexity index is 20.0. The summed E-state index contributed by atoms with van der Waals surface area (Å²) in [5.74, 6) is 0. The predicted molar refractivity (Wildman–Crippen MR) is 6.14 cm³/mol. The Kier molecular flexibility index (Phi) is 3.43. The Balaban J connectivity index is 2.30. The summed E-state index contributed by atoms with van der Waals surface area (Å²) in [7, 11) is 0. The molecule has 0 fully saturated rings. The van der Waals surface area contributed by atoms with Crippen LogP contribution >= 0.6 is 0 Å². The molecule has 0 radical (unpaired) electrons. The zero-order chi connectivity index (χ0) is 3.41. The monoisotopic (exact) mass is 110 g/mol. The zero-order valence-corrected chi connectivity index (χ0v) is 2.55. The molecule has 0 saturated heterocycles. The number of hydrogen-bond donors (Lipinski definition) is 1. The van der Waals surface area contributed by atoms with Crippen molar-refractivity contribution in [3.63, 3.8) is 0 Å². The summed E-state index contributed by atoms with van der Waals surface area (Å²) in [6.07, 6.45) is 0. The van der Waals surface area contributed by atoms with Crippen LogP contribution in [0.2, 0.25) is 0 Å².